The maximum absolute atomic E-state index is 14.6. The average molecular weight is 581 g/mol. The first kappa shape index (κ1) is 29.7. The molecule has 1 spiro atoms. The van der Waals surface area contributed by atoms with E-state index in [1.165, 1.54) is 0 Å². The summed E-state index contributed by atoms with van der Waals surface area (Å²) in [5.41, 5.74) is 1.92. The highest BCUT2D eigenvalue weighted by Crippen LogP contribution is 2.65. The molecule has 0 bridgehead atoms. The summed E-state index contributed by atoms with van der Waals surface area (Å²) in [6, 6.07) is 7.42. The van der Waals surface area contributed by atoms with Gasteiger partial charge in [0.2, 0.25) is 11.8 Å². The molecule has 0 aromatic heterocycles. The summed E-state index contributed by atoms with van der Waals surface area (Å²) in [4.78, 5) is 50.4. The number of unbranched alkanes of at least 4 members (excludes halogenated alkanes) is 3. The Hall–Kier alpha value is -2.78. The van der Waals surface area contributed by atoms with Crippen LogP contribution < -0.4 is 9.80 Å². The lowest BCUT2D eigenvalue weighted by Crippen LogP contribution is -2.53. The second-order valence-electron chi connectivity index (χ2n) is 11.8. The molecule has 4 aliphatic heterocycles. The Kier molecular flexibility index (Phi) is 8.58. The standard InChI is InChI=1S/C32H44N4O4S/c1-5-34(6-2)23-13-15-24(16-14-23)35-21-12-18-32-26(25-28(38)33(4)19-11-17-31(25,3)41-32)29(39)36(27(32)30(35)40)20-9-7-8-10-22-37/h11-18,25-27,37H,5-10,19-22H2,1-4H3/t25-,26+,27?,31+,32+/m1/s1. The van der Waals surface area contributed by atoms with Crippen molar-refractivity contribution in [3.8, 4) is 0 Å². The van der Waals surface area contributed by atoms with Crippen LogP contribution in [0.5, 0.6) is 0 Å². The molecule has 4 aliphatic rings. The third-order valence-electron chi connectivity index (χ3n) is 9.36. The number of nitrogens with zero attached hydrogens (tertiary/aromatic N) is 4. The Morgan fingerprint density at radius 3 is 2.27 bits per heavy atom. The van der Waals surface area contributed by atoms with Gasteiger partial charge in [-0.1, -0.05) is 37.1 Å². The molecule has 8 nitrogen and oxygen atoms in total. The third kappa shape index (κ3) is 4.99. The van der Waals surface area contributed by atoms with Crippen LogP contribution >= 0.6 is 11.8 Å². The maximum atomic E-state index is 14.6. The molecule has 0 aliphatic carbocycles. The molecule has 0 saturated carbocycles. The SMILES string of the molecule is CCN(CC)c1ccc(N2CC=C[C@]34S[C@@]5(C)C=CCN(C)C(=O)[C@H]5[C@H]3C(=O)N(CCCCCCO)C4C2=O)cc1. The van der Waals surface area contributed by atoms with E-state index in [0.29, 0.717) is 19.6 Å². The minimum Gasteiger partial charge on any atom is -0.396 e. The number of hydrogen-bond acceptors (Lipinski definition) is 6. The third-order valence-corrected chi connectivity index (χ3v) is 11.2. The molecule has 3 amide bonds. The number of carbonyl (C=O) groups excluding carboxylic acids is 3. The van der Waals surface area contributed by atoms with Gasteiger partial charge in [0, 0.05) is 62.5 Å². The van der Waals surface area contributed by atoms with E-state index in [-0.39, 0.29) is 24.3 Å². The summed E-state index contributed by atoms with van der Waals surface area (Å²) in [6.45, 7) is 9.67. The number of thioether (sulfide) groups is 1. The minimum atomic E-state index is -0.827. The zero-order valence-corrected chi connectivity index (χ0v) is 25.6. The molecular weight excluding hydrogens is 536 g/mol. The Bertz CT molecular complexity index is 1210. The van der Waals surface area contributed by atoms with Gasteiger partial charge >= 0.3 is 0 Å². The van der Waals surface area contributed by atoms with Crippen LogP contribution in [-0.4, -0.2) is 94.5 Å². The Morgan fingerprint density at radius 2 is 1.59 bits per heavy atom. The largest absolute Gasteiger partial charge is 0.396 e. The number of likely N-dealkylation sites (N-methyl/N-ethyl adjacent to an activating group) is 1. The Labute approximate surface area is 248 Å². The van der Waals surface area contributed by atoms with Crippen molar-refractivity contribution >= 4 is 40.9 Å². The molecule has 4 heterocycles. The number of carbonyl (C=O) groups is 3. The Morgan fingerprint density at radius 1 is 0.902 bits per heavy atom. The number of hydrogen-bond donors (Lipinski definition) is 1. The van der Waals surface area contributed by atoms with Crippen LogP contribution in [0.25, 0.3) is 0 Å². The van der Waals surface area contributed by atoms with Crippen LogP contribution in [0.3, 0.4) is 0 Å². The summed E-state index contributed by atoms with van der Waals surface area (Å²) in [5, 5.41) is 9.19. The van der Waals surface area contributed by atoms with Gasteiger partial charge in [-0.25, -0.2) is 0 Å². The fraction of sp³-hybridized carbons (Fsp3) is 0.594. The van der Waals surface area contributed by atoms with Crippen LogP contribution in [0.4, 0.5) is 11.4 Å². The number of likely N-dealkylation sites (tertiary alicyclic amines) is 1. The molecular formula is C32H44N4O4S. The number of aliphatic hydroxyl groups excluding tert-OH is 1. The van der Waals surface area contributed by atoms with Crippen molar-refractivity contribution in [2.45, 2.75) is 62.0 Å². The van der Waals surface area contributed by atoms with E-state index in [9.17, 15) is 19.5 Å². The Balaban J connectivity index is 1.53. The van der Waals surface area contributed by atoms with Gasteiger partial charge in [-0.05, 0) is 57.9 Å². The van der Waals surface area contributed by atoms with Crippen molar-refractivity contribution in [2.24, 2.45) is 11.8 Å². The molecule has 222 valence electrons. The van der Waals surface area contributed by atoms with Gasteiger partial charge in [-0.15, -0.1) is 11.8 Å². The van der Waals surface area contributed by atoms with Crippen LogP contribution in [0.2, 0.25) is 0 Å². The topological polar surface area (TPSA) is 84.4 Å². The summed E-state index contributed by atoms with van der Waals surface area (Å²) >= 11 is 1.63. The van der Waals surface area contributed by atoms with Gasteiger partial charge in [0.1, 0.15) is 6.04 Å². The zero-order valence-electron chi connectivity index (χ0n) is 24.8. The van der Waals surface area contributed by atoms with Gasteiger partial charge in [0.05, 0.1) is 16.6 Å². The lowest BCUT2D eigenvalue weighted by Gasteiger charge is -2.37. The number of rotatable bonds is 10. The lowest BCUT2D eigenvalue weighted by atomic mass is 9.74. The smallest absolute Gasteiger partial charge is 0.251 e. The van der Waals surface area contributed by atoms with Crippen molar-refractivity contribution in [3.05, 3.63) is 48.6 Å². The first-order valence-electron chi connectivity index (χ1n) is 15.1. The summed E-state index contributed by atoms with van der Waals surface area (Å²) < 4.78 is -1.41. The fourth-order valence-electron chi connectivity index (χ4n) is 7.29. The molecule has 0 radical (unpaired) electrons. The van der Waals surface area contributed by atoms with Crippen molar-refractivity contribution < 1.29 is 19.5 Å². The van der Waals surface area contributed by atoms with Gasteiger partial charge in [-0.2, -0.15) is 0 Å². The molecule has 41 heavy (non-hydrogen) atoms. The number of amides is 3. The van der Waals surface area contributed by atoms with E-state index >= 15 is 0 Å². The summed E-state index contributed by atoms with van der Waals surface area (Å²) in [7, 11) is 1.79. The molecule has 1 N–H and O–H groups in total. The molecule has 1 unspecified atom stereocenters. The normalized spacial score (nSPS) is 30.8. The van der Waals surface area contributed by atoms with E-state index in [4.69, 9.17) is 0 Å². The van der Waals surface area contributed by atoms with Crippen LogP contribution in [0, 0.1) is 11.8 Å². The lowest BCUT2D eigenvalue weighted by molar-refractivity contribution is -0.143. The highest BCUT2D eigenvalue weighted by Gasteiger charge is 2.73. The highest BCUT2D eigenvalue weighted by atomic mass is 32.2. The molecule has 1 aromatic carbocycles. The van der Waals surface area contributed by atoms with E-state index in [2.05, 4.69) is 50.0 Å². The van der Waals surface area contributed by atoms with E-state index < -0.39 is 27.4 Å². The fourth-order valence-corrected chi connectivity index (χ4v) is 9.45. The van der Waals surface area contributed by atoms with Crippen molar-refractivity contribution in [3.63, 3.8) is 0 Å². The summed E-state index contributed by atoms with van der Waals surface area (Å²) in [5.74, 6) is -1.36. The van der Waals surface area contributed by atoms with Crippen molar-refractivity contribution in [1.82, 2.24) is 9.80 Å². The second-order valence-corrected chi connectivity index (χ2v) is 13.6. The van der Waals surface area contributed by atoms with Crippen molar-refractivity contribution in [2.75, 3.05) is 56.2 Å². The molecule has 5 atom stereocenters. The van der Waals surface area contributed by atoms with Crippen LogP contribution in [0.1, 0.15) is 46.5 Å². The number of anilines is 2. The first-order valence-corrected chi connectivity index (χ1v) is 15.9. The minimum absolute atomic E-state index is 0.0299. The molecule has 2 saturated heterocycles. The predicted molar refractivity (Wildman–Crippen MR) is 165 cm³/mol. The van der Waals surface area contributed by atoms with Crippen LogP contribution in [0.15, 0.2) is 48.6 Å². The molecule has 5 rings (SSSR count). The van der Waals surface area contributed by atoms with E-state index in [1.807, 2.05) is 24.3 Å². The number of fused-ring (bicyclic) bond motifs is 2. The van der Waals surface area contributed by atoms with Gasteiger partial charge in [0.15, 0.2) is 0 Å². The van der Waals surface area contributed by atoms with Gasteiger partial charge in [0.25, 0.3) is 5.91 Å². The molecule has 9 heteroatoms. The van der Waals surface area contributed by atoms with Gasteiger partial charge in [-0.3, -0.25) is 14.4 Å². The molecule has 2 fully saturated rings. The van der Waals surface area contributed by atoms with E-state index in [1.54, 1.807) is 33.5 Å². The summed E-state index contributed by atoms with van der Waals surface area (Å²) in [6.07, 6.45) is 11.4. The quantitative estimate of drug-likeness (QED) is 0.336. The average Bonchev–Trinajstić information content (AvgIpc) is 3.23. The maximum Gasteiger partial charge on any atom is 0.251 e. The number of benzene rings is 1. The number of aliphatic hydroxyl groups is 1. The monoisotopic (exact) mass is 580 g/mol. The first-order chi connectivity index (χ1) is 19.7. The van der Waals surface area contributed by atoms with E-state index in [0.717, 1.165) is 50.1 Å². The second kappa shape index (κ2) is 11.8. The zero-order chi connectivity index (χ0) is 29.4. The molecule has 1 aromatic rings. The predicted octanol–water partition coefficient (Wildman–Crippen LogP) is 3.70. The van der Waals surface area contributed by atoms with Crippen molar-refractivity contribution in [1.29, 1.82) is 0 Å². The van der Waals surface area contributed by atoms with Crippen LogP contribution in [-0.2, 0) is 14.4 Å². The highest BCUT2D eigenvalue weighted by molar-refractivity contribution is 8.02. The van der Waals surface area contributed by atoms with Gasteiger partial charge < -0.3 is 24.7 Å².